The van der Waals surface area contributed by atoms with E-state index in [9.17, 15) is 9.59 Å². The van der Waals surface area contributed by atoms with E-state index in [4.69, 9.17) is 19.7 Å². The zero-order chi connectivity index (χ0) is 12.8. The highest BCUT2D eigenvalue weighted by molar-refractivity contribution is 6.12. The van der Waals surface area contributed by atoms with Gasteiger partial charge in [0.05, 0.1) is 0 Å². The van der Waals surface area contributed by atoms with Crippen molar-refractivity contribution < 1.29 is 29.3 Å². The lowest BCUT2D eigenvalue weighted by Gasteiger charge is -2.25. The van der Waals surface area contributed by atoms with Crippen LogP contribution in [0.5, 0.6) is 0 Å². The normalized spacial score (nSPS) is 10.9. The first kappa shape index (κ1) is 14.6. The second-order valence-electron chi connectivity index (χ2n) is 3.05. The average molecular weight is 232 g/mol. The summed E-state index contributed by atoms with van der Waals surface area (Å²) in [6, 6.07) is 0. The molecule has 0 aliphatic heterocycles. The SMILES string of the molecule is CCOC(C)(C=C(C(=O)O)C(=O)O)OCC. The van der Waals surface area contributed by atoms with Gasteiger partial charge in [0, 0.05) is 13.2 Å². The topological polar surface area (TPSA) is 93.1 Å². The van der Waals surface area contributed by atoms with E-state index in [-0.39, 0.29) is 13.2 Å². The highest BCUT2D eigenvalue weighted by Crippen LogP contribution is 2.17. The molecule has 0 aromatic heterocycles. The summed E-state index contributed by atoms with van der Waals surface area (Å²) in [6.45, 7) is 5.42. The Bertz CT molecular complexity index is 272. The van der Waals surface area contributed by atoms with E-state index in [0.29, 0.717) is 0 Å². The van der Waals surface area contributed by atoms with E-state index in [1.165, 1.54) is 6.92 Å². The first-order valence-electron chi connectivity index (χ1n) is 4.83. The maximum Gasteiger partial charge on any atom is 0.343 e. The molecule has 0 radical (unpaired) electrons. The smallest absolute Gasteiger partial charge is 0.343 e. The lowest BCUT2D eigenvalue weighted by Crippen LogP contribution is -2.32. The van der Waals surface area contributed by atoms with Crippen molar-refractivity contribution in [2.24, 2.45) is 0 Å². The van der Waals surface area contributed by atoms with E-state index >= 15 is 0 Å². The van der Waals surface area contributed by atoms with Gasteiger partial charge in [0.2, 0.25) is 0 Å². The number of carboxylic acids is 2. The van der Waals surface area contributed by atoms with Crippen molar-refractivity contribution in [3.05, 3.63) is 11.6 Å². The molecule has 6 nitrogen and oxygen atoms in total. The Balaban J connectivity index is 5.12. The van der Waals surface area contributed by atoms with Crippen LogP contribution in [0, 0.1) is 0 Å². The number of aliphatic carboxylic acids is 2. The summed E-state index contributed by atoms with van der Waals surface area (Å²) in [5, 5.41) is 17.4. The lowest BCUT2D eigenvalue weighted by atomic mass is 10.1. The largest absolute Gasteiger partial charge is 0.477 e. The number of carboxylic acid groups (broad SMARTS) is 2. The molecule has 0 aromatic rings. The van der Waals surface area contributed by atoms with Crippen LogP contribution in [0.1, 0.15) is 20.8 Å². The highest BCUT2D eigenvalue weighted by atomic mass is 16.7. The fraction of sp³-hybridized carbons (Fsp3) is 0.600. The number of hydrogen-bond donors (Lipinski definition) is 2. The Kier molecular flexibility index (Phi) is 5.69. The third kappa shape index (κ3) is 4.41. The fourth-order valence-corrected chi connectivity index (χ4v) is 1.18. The first-order chi connectivity index (χ1) is 7.36. The number of ether oxygens (including phenoxy) is 2. The van der Waals surface area contributed by atoms with Gasteiger partial charge in [-0.3, -0.25) is 0 Å². The molecule has 0 bridgehead atoms. The summed E-state index contributed by atoms with van der Waals surface area (Å²) in [5.74, 6) is -4.40. The fourth-order valence-electron chi connectivity index (χ4n) is 1.18. The maximum absolute atomic E-state index is 10.7. The van der Waals surface area contributed by atoms with Crippen LogP contribution in [-0.2, 0) is 19.1 Å². The predicted molar refractivity (Wildman–Crippen MR) is 55.0 cm³/mol. The predicted octanol–water partition coefficient (Wildman–Crippen LogP) is 0.871. The van der Waals surface area contributed by atoms with Crippen LogP contribution in [0.25, 0.3) is 0 Å². The Morgan fingerprint density at radius 2 is 1.50 bits per heavy atom. The van der Waals surface area contributed by atoms with Gasteiger partial charge in [-0.2, -0.15) is 0 Å². The molecule has 16 heavy (non-hydrogen) atoms. The molecular weight excluding hydrogens is 216 g/mol. The van der Waals surface area contributed by atoms with E-state index in [1.807, 2.05) is 0 Å². The molecule has 6 heteroatoms. The maximum atomic E-state index is 10.7. The number of carbonyl (C=O) groups is 2. The highest BCUT2D eigenvalue weighted by Gasteiger charge is 2.27. The Labute approximate surface area is 93.5 Å². The van der Waals surface area contributed by atoms with Crippen LogP contribution in [0.4, 0.5) is 0 Å². The van der Waals surface area contributed by atoms with Crippen LogP contribution in [0.15, 0.2) is 11.6 Å². The van der Waals surface area contributed by atoms with Crippen molar-refractivity contribution in [3.8, 4) is 0 Å². The minimum atomic E-state index is -1.53. The van der Waals surface area contributed by atoms with Crippen LogP contribution in [0.2, 0.25) is 0 Å². The van der Waals surface area contributed by atoms with Crippen LogP contribution in [0.3, 0.4) is 0 Å². The molecule has 2 N–H and O–H groups in total. The molecule has 0 spiro atoms. The first-order valence-corrected chi connectivity index (χ1v) is 4.83. The third-order valence-electron chi connectivity index (χ3n) is 1.73. The summed E-state index contributed by atoms with van der Waals surface area (Å²) < 4.78 is 10.4. The summed E-state index contributed by atoms with van der Waals surface area (Å²) in [7, 11) is 0. The second kappa shape index (κ2) is 6.24. The van der Waals surface area contributed by atoms with E-state index in [1.54, 1.807) is 13.8 Å². The molecule has 0 heterocycles. The minimum Gasteiger partial charge on any atom is -0.477 e. The Morgan fingerprint density at radius 1 is 1.12 bits per heavy atom. The standard InChI is InChI=1S/C10H16O6/c1-4-15-10(3,16-5-2)6-7(8(11)12)9(13)14/h6H,4-5H2,1-3H3,(H,11,12)(H,13,14). The summed E-state index contributed by atoms with van der Waals surface area (Å²) in [5.41, 5.74) is -0.774. The Hall–Kier alpha value is -1.40. The van der Waals surface area contributed by atoms with Gasteiger partial charge in [-0.15, -0.1) is 0 Å². The molecule has 0 saturated carbocycles. The van der Waals surface area contributed by atoms with Crippen molar-refractivity contribution in [2.75, 3.05) is 13.2 Å². The minimum absolute atomic E-state index is 0.277. The zero-order valence-corrected chi connectivity index (χ0v) is 9.52. The van der Waals surface area contributed by atoms with Crippen molar-refractivity contribution in [1.29, 1.82) is 0 Å². The van der Waals surface area contributed by atoms with Crippen molar-refractivity contribution >= 4 is 11.9 Å². The molecule has 0 aromatic carbocycles. The lowest BCUT2D eigenvalue weighted by molar-refractivity contribution is -0.187. The number of rotatable bonds is 7. The van der Waals surface area contributed by atoms with Gasteiger partial charge >= 0.3 is 11.9 Å². The molecule has 0 aliphatic rings. The molecular formula is C10H16O6. The van der Waals surface area contributed by atoms with Crippen LogP contribution in [-0.4, -0.2) is 41.2 Å². The zero-order valence-electron chi connectivity index (χ0n) is 9.52. The number of hydrogen-bond acceptors (Lipinski definition) is 4. The van der Waals surface area contributed by atoms with Gasteiger partial charge in [-0.05, 0) is 26.8 Å². The molecule has 0 fully saturated rings. The third-order valence-corrected chi connectivity index (χ3v) is 1.73. The van der Waals surface area contributed by atoms with Gasteiger partial charge < -0.3 is 19.7 Å². The molecule has 0 atom stereocenters. The average Bonchev–Trinajstić information content (AvgIpc) is 2.14. The molecule has 0 unspecified atom stereocenters. The molecule has 0 aliphatic carbocycles. The van der Waals surface area contributed by atoms with Crippen molar-refractivity contribution in [2.45, 2.75) is 26.6 Å². The van der Waals surface area contributed by atoms with E-state index < -0.39 is 23.3 Å². The van der Waals surface area contributed by atoms with Gasteiger partial charge in [0.15, 0.2) is 5.79 Å². The quantitative estimate of drug-likeness (QED) is 0.293. The summed E-state index contributed by atoms with van der Waals surface area (Å²) in [6.07, 6.45) is 0.949. The molecule has 0 rings (SSSR count). The second-order valence-corrected chi connectivity index (χ2v) is 3.05. The summed E-state index contributed by atoms with van der Waals surface area (Å²) in [4.78, 5) is 21.3. The molecule has 92 valence electrons. The van der Waals surface area contributed by atoms with Gasteiger partial charge in [0.25, 0.3) is 0 Å². The van der Waals surface area contributed by atoms with E-state index in [0.717, 1.165) is 6.08 Å². The van der Waals surface area contributed by atoms with Gasteiger partial charge in [-0.25, -0.2) is 9.59 Å². The van der Waals surface area contributed by atoms with Crippen molar-refractivity contribution in [1.82, 2.24) is 0 Å². The van der Waals surface area contributed by atoms with E-state index in [2.05, 4.69) is 0 Å². The monoisotopic (exact) mass is 232 g/mol. The van der Waals surface area contributed by atoms with Crippen LogP contribution >= 0.6 is 0 Å². The van der Waals surface area contributed by atoms with Gasteiger partial charge in [-0.1, -0.05) is 0 Å². The summed E-state index contributed by atoms with van der Waals surface area (Å²) >= 11 is 0. The Morgan fingerprint density at radius 3 is 1.75 bits per heavy atom. The molecule has 0 saturated heterocycles. The molecule has 0 amide bonds. The van der Waals surface area contributed by atoms with Crippen LogP contribution < -0.4 is 0 Å². The van der Waals surface area contributed by atoms with Gasteiger partial charge in [0.1, 0.15) is 5.57 Å². The van der Waals surface area contributed by atoms with Crippen molar-refractivity contribution in [3.63, 3.8) is 0 Å².